The van der Waals surface area contributed by atoms with E-state index in [4.69, 9.17) is 5.73 Å². The molecular formula is C10H13FN2O2S. The molecule has 1 aromatic carbocycles. The summed E-state index contributed by atoms with van der Waals surface area (Å²) in [4.78, 5) is 0. The number of nitrogens with zero attached hydrogens (tertiary/aromatic N) is 1. The van der Waals surface area contributed by atoms with Gasteiger partial charge in [-0.2, -0.15) is 4.31 Å². The zero-order valence-electron chi connectivity index (χ0n) is 8.69. The van der Waals surface area contributed by atoms with Crippen molar-refractivity contribution in [2.45, 2.75) is 13.0 Å². The second-order valence-electron chi connectivity index (χ2n) is 3.82. The molecule has 6 heteroatoms. The van der Waals surface area contributed by atoms with Crippen molar-refractivity contribution in [3.05, 3.63) is 29.6 Å². The lowest BCUT2D eigenvalue weighted by Gasteiger charge is -2.15. The number of hydrogen-bond donors (Lipinski definition) is 1. The number of halogens is 1. The van der Waals surface area contributed by atoms with Crippen molar-refractivity contribution in [2.24, 2.45) is 0 Å². The minimum Gasteiger partial charge on any atom is -0.396 e. The van der Waals surface area contributed by atoms with Gasteiger partial charge in [0.1, 0.15) is 0 Å². The molecule has 2 N–H and O–H groups in total. The molecule has 0 unspecified atom stereocenters. The smallest absolute Gasteiger partial charge is 0.214 e. The van der Waals surface area contributed by atoms with Crippen molar-refractivity contribution < 1.29 is 12.8 Å². The van der Waals surface area contributed by atoms with E-state index in [1.807, 2.05) is 0 Å². The summed E-state index contributed by atoms with van der Waals surface area (Å²) < 4.78 is 37.9. The molecule has 2 rings (SSSR count). The van der Waals surface area contributed by atoms with E-state index in [0.29, 0.717) is 18.5 Å². The summed E-state index contributed by atoms with van der Waals surface area (Å²) in [5.74, 6) is -0.374. The summed E-state index contributed by atoms with van der Waals surface area (Å²) in [5, 5.41) is 0. The number of nitrogens with two attached hydrogens (primary N) is 1. The van der Waals surface area contributed by atoms with Crippen LogP contribution in [0.4, 0.5) is 10.1 Å². The third-order valence-corrected chi connectivity index (χ3v) is 4.56. The van der Waals surface area contributed by atoms with Crippen molar-refractivity contribution in [1.82, 2.24) is 4.31 Å². The molecule has 4 nitrogen and oxygen atoms in total. The third kappa shape index (κ3) is 2.03. The van der Waals surface area contributed by atoms with Gasteiger partial charge < -0.3 is 5.73 Å². The normalized spacial score (nSPS) is 20.1. The molecular weight excluding hydrogens is 231 g/mol. The van der Waals surface area contributed by atoms with Gasteiger partial charge in [0.25, 0.3) is 0 Å². The summed E-state index contributed by atoms with van der Waals surface area (Å²) in [6, 6.07) is 4.63. The van der Waals surface area contributed by atoms with Crippen LogP contribution < -0.4 is 5.73 Å². The quantitative estimate of drug-likeness (QED) is 0.788. The van der Waals surface area contributed by atoms with E-state index in [1.54, 1.807) is 12.1 Å². The molecule has 0 bridgehead atoms. The van der Waals surface area contributed by atoms with Crippen molar-refractivity contribution in [2.75, 3.05) is 18.0 Å². The van der Waals surface area contributed by atoms with Gasteiger partial charge in [-0.25, -0.2) is 12.8 Å². The van der Waals surface area contributed by atoms with E-state index < -0.39 is 15.8 Å². The van der Waals surface area contributed by atoms with E-state index in [9.17, 15) is 12.8 Å². The molecule has 0 radical (unpaired) electrons. The first-order valence-electron chi connectivity index (χ1n) is 5.01. The zero-order valence-corrected chi connectivity index (χ0v) is 9.50. The fraction of sp³-hybridized carbons (Fsp3) is 0.400. The maximum Gasteiger partial charge on any atom is 0.214 e. The molecule has 16 heavy (non-hydrogen) atoms. The van der Waals surface area contributed by atoms with E-state index in [2.05, 4.69) is 0 Å². The van der Waals surface area contributed by atoms with Crippen LogP contribution in [-0.4, -0.2) is 25.0 Å². The van der Waals surface area contributed by atoms with Crippen molar-refractivity contribution in [3.8, 4) is 0 Å². The molecule has 1 aromatic rings. The van der Waals surface area contributed by atoms with E-state index >= 15 is 0 Å². The van der Waals surface area contributed by atoms with E-state index in [-0.39, 0.29) is 18.0 Å². The number of nitrogen functional groups attached to an aromatic ring is 1. The molecule has 1 saturated heterocycles. The van der Waals surface area contributed by atoms with Crippen LogP contribution in [0.3, 0.4) is 0 Å². The Hall–Kier alpha value is -1.14. The van der Waals surface area contributed by atoms with Crippen molar-refractivity contribution >= 4 is 15.7 Å². The van der Waals surface area contributed by atoms with Gasteiger partial charge in [0.15, 0.2) is 5.82 Å². The first-order chi connectivity index (χ1) is 7.50. The van der Waals surface area contributed by atoms with Gasteiger partial charge in [-0.15, -0.1) is 0 Å². The van der Waals surface area contributed by atoms with E-state index in [0.717, 1.165) is 0 Å². The molecule has 0 aliphatic carbocycles. The minimum atomic E-state index is -3.19. The fourth-order valence-corrected chi connectivity index (χ4v) is 3.28. The minimum absolute atomic E-state index is 0.0501. The molecule has 0 saturated carbocycles. The van der Waals surface area contributed by atoms with Gasteiger partial charge in [0.05, 0.1) is 11.4 Å². The summed E-state index contributed by atoms with van der Waals surface area (Å²) in [6.45, 7) is 0.524. The molecule has 0 amide bonds. The van der Waals surface area contributed by atoms with Gasteiger partial charge in [0, 0.05) is 18.7 Å². The molecule has 88 valence electrons. The highest BCUT2D eigenvalue weighted by Gasteiger charge is 2.28. The van der Waals surface area contributed by atoms with Gasteiger partial charge in [-0.05, 0) is 12.5 Å². The maximum atomic E-state index is 13.6. The Morgan fingerprint density at radius 3 is 2.81 bits per heavy atom. The second-order valence-corrected chi connectivity index (χ2v) is 5.91. The van der Waals surface area contributed by atoms with Crippen LogP contribution in [0.15, 0.2) is 18.2 Å². The lowest BCUT2D eigenvalue weighted by molar-refractivity contribution is 0.430. The Balaban J connectivity index is 2.25. The molecule has 1 aliphatic heterocycles. The SMILES string of the molecule is Nc1cccc(CN2CCCS2(=O)=O)c1F. The number of benzene rings is 1. The molecule has 0 spiro atoms. The lowest BCUT2D eigenvalue weighted by atomic mass is 10.2. The average Bonchev–Trinajstić information content (AvgIpc) is 2.54. The average molecular weight is 244 g/mol. The first kappa shape index (κ1) is 11.3. The number of sulfonamides is 1. The Labute approximate surface area is 93.9 Å². The summed E-state index contributed by atoms with van der Waals surface area (Å²) >= 11 is 0. The second kappa shape index (κ2) is 4.03. The van der Waals surface area contributed by atoms with Crippen LogP contribution in [0.2, 0.25) is 0 Å². The van der Waals surface area contributed by atoms with Crippen molar-refractivity contribution in [3.63, 3.8) is 0 Å². The Kier molecular flexibility index (Phi) is 2.86. The van der Waals surface area contributed by atoms with Crippen LogP contribution in [0.5, 0.6) is 0 Å². The highest BCUT2D eigenvalue weighted by Crippen LogP contribution is 2.21. The topological polar surface area (TPSA) is 63.4 Å². The van der Waals surface area contributed by atoms with Crippen LogP contribution in [-0.2, 0) is 16.6 Å². The molecule has 1 aliphatic rings. The molecule has 1 heterocycles. The summed E-state index contributed by atoms with van der Waals surface area (Å²) in [5.41, 5.74) is 5.79. The van der Waals surface area contributed by atoms with Gasteiger partial charge in [-0.1, -0.05) is 12.1 Å². The van der Waals surface area contributed by atoms with Crippen LogP contribution in [0, 0.1) is 5.82 Å². The zero-order chi connectivity index (χ0) is 11.8. The predicted molar refractivity (Wildman–Crippen MR) is 59.6 cm³/mol. The highest BCUT2D eigenvalue weighted by atomic mass is 32.2. The largest absolute Gasteiger partial charge is 0.396 e. The number of hydrogen-bond acceptors (Lipinski definition) is 3. The standard InChI is InChI=1S/C10H13FN2O2S/c11-10-8(3-1-4-9(10)12)7-13-5-2-6-16(13,14)15/h1,3-4H,2,5-7,12H2. The number of rotatable bonds is 2. The molecule has 1 fully saturated rings. The highest BCUT2D eigenvalue weighted by molar-refractivity contribution is 7.89. The summed E-state index contributed by atoms with van der Waals surface area (Å²) in [7, 11) is -3.19. The Bertz CT molecular complexity index is 502. The van der Waals surface area contributed by atoms with Crippen molar-refractivity contribution in [1.29, 1.82) is 0 Å². The van der Waals surface area contributed by atoms with E-state index in [1.165, 1.54) is 10.4 Å². The monoisotopic (exact) mass is 244 g/mol. The van der Waals surface area contributed by atoms with Gasteiger partial charge in [0.2, 0.25) is 10.0 Å². The summed E-state index contributed by atoms with van der Waals surface area (Å²) in [6.07, 6.45) is 0.603. The Morgan fingerprint density at radius 1 is 1.44 bits per heavy atom. The fourth-order valence-electron chi connectivity index (χ4n) is 1.78. The first-order valence-corrected chi connectivity index (χ1v) is 6.62. The van der Waals surface area contributed by atoms with Gasteiger partial charge >= 0.3 is 0 Å². The Morgan fingerprint density at radius 2 is 2.19 bits per heavy atom. The van der Waals surface area contributed by atoms with Crippen LogP contribution in [0.1, 0.15) is 12.0 Å². The number of anilines is 1. The molecule has 0 aromatic heterocycles. The van der Waals surface area contributed by atoms with Crippen LogP contribution >= 0.6 is 0 Å². The predicted octanol–water partition coefficient (Wildman–Crippen LogP) is 0.943. The lowest BCUT2D eigenvalue weighted by Crippen LogP contribution is -2.25. The molecule has 0 atom stereocenters. The van der Waals surface area contributed by atoms with Crippen LogP contribution in [0.25, 0.3) is 0 Å². The maximum absolute atomic E-state index is 13.6. The third-order valence-electron chi connectivity index (χ3n) is 2.66. The van der Waals surface area contributed by atoms with Gasteiger partial charge in [-0.3, -0.25) is 0 Å².